The second-order valence-electron chi connectivity index (χ2n) is 5.65. The third-order valence-corrected chi connectivity index (χ3v) is 5.71. The van der Waals surface area contributed by atoms with Crippen LogP contribution in [0.1, 0.15) is 30.0 Å². The summed E-state index contributed by atoms with van der Waals surface area (Å²) < 4.78 is 33.1. The molecule has 1 heterocycles. The molecule has 1 atom stereocenters. The monoisotopic (exact) mass is 329 g/mol. The Morgan fingerprint density at radius 2 is 1.96 bits per heavy atom. The van der Waals surface area contributed by atoms with Crippen LogP contribution < -0.4 is 4.72 Å². The van der Waals surface area contributed by atoms with Gasteiger partial charge in [0.25, 0.3) is 0 Å². The number of sulfonamides is 1. The normalized spacial score (nSPS) is 18.0. The van der Waals surface area contributed by atoms with E-state index in [1.807, 2.05) is 18.2 Å². The summed E-state index contributed by atoms with van der Waals surface area (Å²) >= 11 is 0. The van der Waals surface area contributed by atoms with Crippen molar-refractivity contribution in [3.05, 3.63) is 53.6 Å². The summed E-state index contributed by atoms with van der Waals surface area (Å²) in [5.41, 5.74) is 2.93. The molecule has 0 spiro atoms. The predicted octanol–water partition coefficient (Wildman–Crippen LogP) is 2.58. The lowest BCUT2D eigenvalue weighted by Crippen LogP contribution is -2.31. The molecule has 3 aromatic rings. The van der Waals surface area contributed by atoms with Gasteiger partial charge in [0, 0.05) is 6.04 Å². The number of nitrogens with zero attached hydrogens (tertiary/aromatic N) is 2. The number of hydrogen-bond acceptors (Lipinski definition) is 5. The molecule has 0 fully saturated rings. The van der Waals surface area contributed by atoms with Crippen molar-refractivity contribution in [1.82, 2.24) is 15.0 Å². The van der Waals surface area contributed by atoms with Crippen LogP contribution in [0.5, 0.6) is 0 Å². The number of hydrogen-bond donors (Lipinski definition) is 1. The van der Waals surface area contributed by atoms with Crippen molar-refractivity contribution in [3.63, 3.8) is 0 Å². The Hall–Kier alpha value is -2.25. The van der Waals surface area contributed by atoms with Crippen LogP contribution in [-0.2, 0) is 16.4 Å². The van der Waals surface area contributed by atoms with Gasteiger partial charge in [-0.25, -0.2) is 17.8 Å². The summed E-state index contributed by atoms with van der Waals surface area (Å²) in [6.45, 7) is 0. The standard InChI is InChI=1S/C16H15N3O3S/c20-23(21,15-10-4-9-14-16(15)18-22-17-14)19-13-8-3-6-11-5-1-2-7-12(11)13/h1-2,4-5,7,9-10,13,19H,3,6,8H2/t13-/m0/s1. The Morgan fingerprint density at radius 3 is 2.87 bits per heavy atom. The number of nitrogens with one attached hydrogen (secondary N) is 1. The zero-order valence-corrected chi connectivity index (χ0v) is 13.1. The topological polar surface area (TPSA) is 85.1 Å². The van der Waals surface area contributed by atoms with Crippen molar-refractivity contribution < 1.29 is 13.0 Å². The van der Waals surface area contributed by atoms with Crippen LogP contribution >= 0.6 is 0 Å². The minimum absolute atomic E-state index is 0.0966. The summed E-state index contributed by atoms with van der Waals surface area (Å²) in [6, 6.07) is 12.6. The maximum Gasteiger partial charge on any atom is 0.243 e. The summed E-state index contributed by atoms with van der Waals surface area (Å²) in [6.07, 6.45) is 2.72. The van der Waals surface area contributed by atoms with E-state index in [4.69, 9.17) is 0 Å². The van der Waals surface area contributed by atoms with Gasteiger partial charge < -0.3 is 0 Å². The second kappa shape index (κ2) is 5.43. The largest absolute Gasteiger partial charge is 0.243 e. The summed E-state index contributed by atoms with van der Waals surface area (Å²) in [5.74, 6) is 0. The molecule has 4 rings (SSSR count). The highest BCUT2D eigenvalue weighted by molar-refractivity contribution is 7.89. The fourth-order valence-electron chi connectivity index (χ4n) is 3.13. The molecule has 0 saturated carbocycles. The van der Waals surface area contributed by atoms with Gasteiger partial charge in [-0.15, -0.1) is 0 Å². The number of aryl methyl sites for hydroxylation is 1. The number of rotatable bonds is 3. The lowest BCUT2D eigenvalue weighted by atomic mass is 9.88. The van der Waals surface area contributed by atoms with Gasteiger partial charge in [-0.1, -0.05) is 30.3 Å². The van der Waals surface area contributed by atoms with Crippen LogP contribution in [0.15, 0.2) is 52.0 Å². The van der Waals surface area contributed by atoms with Crippen molar-refractivity contribution in [1.29, 1.82) is 0 Å². The summed E-state index contributed by atoms with van der Waals surface area (Å²) in [4.78, 5) is 0.0966. The van der Waals surface area contributed by atoms with Crippen LogP contribution in [0.25, 0.3) is 11.0 Å². The number of benzene rings is 2. The van der Waals surface area contributed by atoms with Crippen LogP contribution in [0, 0.1) is 0 Å². The zero-order valence-electron chi connectivity index (χ0n) is 12.3. The fourth-order valence-corrected chi connectivity index (χ4v) is 4.53. The molecular formula is C16H15N3O3S. The quantitative estimate of drug-likeness (QED) is 0.798. The molecule has 0 saturated heterocycles. The van der Waals surface area contributed by atoms with E-state index < -0.39 is 10.0 Å². The van der Waals surface area contributed by atoms with Crippen LogP contribution in [0.3, 0.4) is 0 Å². The van der Waals surface area contributed by atoms with E-state index in [0.717, 1.165) is 24.8 Å². The van der Waals surface area contributed by atoms with Crippen LogP contribution in [0.2, 0.25) is 0 Å². The third-order valence-electron chi connectivity index (χ3n) is 4.21. The van der Waals surface area contributed by atoms with Crippen molar-refractivity contribution in [2.24, 2.45) is 0 Å². The molecule has 23 heavy (non-hydrogen) atoms. The Morgan fingerprint density at radius 1 is 1.09 bits per heavy atom. The molecule has 0 radical (unpaired) electrons. The molecule has 2 aromatic carbocycles. The first kappa shape index (κ1) is 14.3. The van der Waals surface area contributed by atoms with E-state index in [0.29, 0.717) is 5.52 Å². The van der Waals surface area contributed by atoms with Crippen molar-refractivity contribution in [3.8, 4) is 0 Å². The minimum Gasteiger partial charge on any atom is -0.243 e. The molecule has 7 heteroatoms. The molecule has 0 unspecified atom stereocenters. The maximum atomic E-state index is 12.8. The smallest absolute Gasteiger partial charge is 0.243 e. The second-order valence-corrected chi connectivity index (χ2v) is 7.34. The van der Waals surface area contributed by atoms with E-state index in [1.165, 1.54) is 11.6 Å². The van der Waals surface area contributed by atoms with E-state index in [1.54, 1.807) is 12.1 Å². The molecule has 6 nitrogen and oxygen atoms in total. The first-order valence-corrected chi connectivity index (χ1v) is 8.95. The fraction of sp³-hybridized carbons (Fsp3) is 0.250. The van der Waals surface area contributed by atoms with Crippen LogP contribution in [0.4, 0.5) is 0 Å². The van der Waals surface area contributed by atoms with E-state index in [9.17, 15) is 8.42 Å². The van der Waals surface area contributed by atoms with E-state index >= 15 is 0 Å². The molecule has 0 bridgehead atoms. The average Bonchev–Trinajstić information content (AvgIpc) is 3.03. The summed E-state index contributed by atoms with van der Waals surface area (Å²) in [5, 5.41) is 7.41. The predicted molar refractivity (Wildman–Crippen MR) is 84.2 cm³/mol. The molecule has 118 valence electrons. The van der Waals surface area contributed by atoms with Gasteiger partial charge >= 0.3 is 0 Å². The highest BCUT2D eigenvalue weighted by Crippen LogP contribution is 2.31. The third kappa shape index (κ3) is 2.51. The first-order valence-electron chi connectivity index (χ1n) is 7.46. The average molecular weight is 329 g/mol. The van der Waals surface area contributed by atoms with Crippen LogP contribution in [-0.4, -0.2) is 18.7 Å². The van der Waals surface area contributed by atoms with Crippen molar-refractivity contribution >= 4 is 21.1 Å². The molecule has 0 aliphatic heterocycles. The minimum atomic E-state index is -3.71. The highest BCUT2D eigenvalue weighted by atomic mass is 32.2. The SMILES string of the molecule is O=S(=O)(N[C@H]1CCCc2ccccc21)c1cccc2nonc12. The maximum absolute atomic E-state index is 12.8. The van der Waals surface area contributed by atoms with Gasteiger partial charge in [-0.05, 0) is 52.8 Å². The molecule has 1 aromatic heterocycles. The molecule has 0 amide bonds. The van der Waals surface area contributed by atoms with Gasteiger partial charge in [0.15, 0.2) is 5.52 Å². The van der Waals surface area contributed by atoms with E-state index in [2.05, 4.69) is 25.7 Å². The van der Waals surface area contributed by atoms with Crippen molar-refractivity contribution in [2.45, 2.75) is 30.2 Å². The highest BCUT2D eigenvalue weighted by Gasteiger charge is 2.27. The lowest BCUT2D eigenvalue weighted by Gasteiger charge is -2.26. The Labute approximate surface area is 133 Å². The molecule has 1 aliphatic carbocycles. The Bertz CT molecular complexity index is 965. The summed E-state index contributed by atoms with van der Waals surface area (Å²) in [7, 11) is -3.71. The molecular weight excluding hydrogens is 314 g/mol. The first-order chi connectivity index (χ1) is 11.1. The van der Waals surface area contributed by atoms with Gasteiger partial charge in [0.2, 0.25) is 10.0 Å². The lowest BCUT2D eigenvalue weighted by molar-refractivity contribution is 0.315. The van der Waals surface area contributed by atoms with Gasteiger partial charge in [0.05, 0.1) is 0 Å². The zero-order chi connectivity index (χ0) is 15.9. The van der Waals surface area contributed by atoms with Crippen molar-refractivity contribution in [2.75, 3.05) is 0 Å². The number of fused-ring (bicyclic) bond motifs is 2. The van der Waals surface area contributed by atoms with Gasteiger partial charge in [-0.2, -0.15) is 0 Å². The Balaban J connectivity index is 1.73. The Kier molecular flexibility index (Phi) is 3.39. The number of aromatic nitrogens is 2. The molecule has 1 N–H and O–H groups in total. The van der Waals surface area contributed by atoms with E-state index in [-0.39, 0.29) is 16.5 Å². The molecule has 1 aliphatic rings. The van der Waals surface area contributed by atoms with Gasteiger partial charge in [-0.3, -0.25) is 0 Å². The van der Waals surface area contributed by atoms with Gasteiger partial charge in [0.1, 0.15) is 10.4 Å².